The minimum atomic E-state index is -2.17. The molecule has 0 aliphatic carbocycles. The predicted octanol–water partition coefficient (Wildman–Crippen LogP) is -0.156. The zero-order chi connectivity index (χ0) is 19.1. The highest BCUT2D eigenvalue weighted by molar-refractivity contribution is 5.77. The lowest BCUT2D eigenvalue weighted by Crippen LogP contribution is -2.68. The lowest BCUT2D eigenvalue weighted by atomic mass is 9.82. The van der Waals surface area contributed by atoms with Crippen molar-refractivity contribution in [1.29, 1.82) is 0 Å². The van der Waals surface area contributed by atoms with Gasteiger partial charge in [-0.1, -0.05) is 6.92 Å². The van der Waals surface area contributed by atoms with E-state index in [9.17, 15) is 30.0 Å². The van der Waals surface area contributed by atoms with Crippen LogP contribution in [0, 0.1) is 0 Å². The Morgan fingerprint density at radius 3 is 2.62 bits per heavy atom. The minimum Gasteiger partial charge on any atom is -0.479 e. The van der Waals surface area contributed by atoms with Crippen molar-refractivity contribution >= 4 is 16.9 Å². The second kappa shape index (κ2) is 6.69. The van der Waals surface area contributed by atoms with Crippen molar-refractivity contribution in [3.63, 3.8) is 0 Å². The van der Waals surface area contributed by atoms with Crippen molar-refractivity contribution in [3.05, 3.63) is 40.8 Å². The van der Waals surface area contributed by atoms with Crippen LogP contribution in [0.3, 0.4) is 0 Å². The molecule has 140 valence electrons. The summed E-state index contributed by atoms with van der Waals surface area (Å²) in [5.74, 6) is -1.38. The van der Waals surface area contributed by atoms with Crippen LogP contribution in [0.1, 0.15) is 13.3 Å². The minimum absolute atomic E-state index is 0.120. The number of benzene rings is 1. The third-order valence-corrected chi connectivity index (χ3v) is 4.48. The number of hydrogen-bond donors (Lipinski definition) is 4. The van der Waals surface area contributed by atoms with Crippen molar-refractivity contribution in [2.45, 2.75) is 43.5 Å². The number of hydrogen-bond acceptors (Lipinski definition) is 8. The van der Waals surface area contributed by atoms with Gasteiger partial charge in [0.05, 0.1) is 0 Å². The topological polar surface area (TPSA) is 147 Å². The van der Waals surface area contributed by atoms with Crippen LogP contribution < -0.4 is 10.4 Å². The van der Waals surface area contributed by atoms with Gasteiger partial charge in [-0.2, -0.15) is 0 Å². The molecule has 1 aromatic carbocycles. The first-order chi connectivity index (χ1) is 12.3. The Morgan fingerprint density at radius 2 is 1.96 bits per heavy atom. The van der Waals surface area contributed by atoms with E-state index < -0.39 is 41.8 Å². The summed E-state index contributed by atoms with van der Waals surface area (Å²) in [4.78, 5) is 22.7. The van der Waals surface area contributed by atoms with E-state index in [-0.39, 0.29) is 17.8 Å². The molecule has 9 heteroatoms. The summed E-state index contributed by atoms with van der Waals surface area (Å²) in [7, 11) is 0. The van der Waals surface area contributed by atoms with Gasteiger partial charge < -0.3 is 34.3 Å². The summed E-state index contributed by atoms with van der Waals surface area (Å²) in [6.07, 6.45) is -7.00. The summed E-state index contributed by atoms with van der Waals surface area (Å²) in [5.41, 5.74) is -2.50. The van der Waals surface area contributed by atoms with E-state index in [1.165, 1.54) is 25.1 Å². The molecule has 1 unspecified atom stereocenters. The smallest absolute Gasteiger partial charge is 0.336 e. The summed E-state index contributed by atoms with van der Waals surface area (Å²) in [6, 6.07) is 7.28. The SMILES string of the molecule is CC[C@@]1(O)[C@@H](C(=O)O)OC(Oc2ccc3ccc(=O)oc3c2)[C@H](O)[C@H]1O. The monoisotopic (exact) mass is 366 g/mol. The fourth-order valence-corrected chi connectivity index (χ4v) is 2.94. The third-order valence-electron chi connectivity index (χ3n) is 4.48. The van der Waals surface area contributed by atoms with Crippen molar-refractivity contribution in [3.8, 4) is 5.75 Å². The average Bonchev–Trinajstić information content (AvgIpc) is 2.61. The standard InChI is InChI=1S/C17H18O9/c1-2-17(23)13(20)12(19)16(26-14(17)15(21)22)24-9-5-3-8-4-6-11(18)25-10(8)7-9/h3-7,12-14,16,19-20,23H,2H2,1H3,(H,21,22)/t12-,13-,14-,16?,17+/m1/s1. The Bertz CT molecular complexity index is 876. The highest BCUT2D eigenvalue weighted by Crippen LogP contribution is 2.34. The number of aliphatic carboxylic acids is 1. The number of fused-ring (bicyclic) bond motifs is 1. The molecule has 0 bridgehead atoms. The van der Waals surface area contributed by atoms with Gasteiger partial charge in [0.2, 0.25) is 6.29 Å². The van der Waals surface area contributed by atoms with Gasteiger partial charge in [-0.15, -0.1) is 0 Å². The molecule has 0 radical (unpaired) electrons. The average molecular weight is 366 g/mol. The molecule has 1 fully saturated rings. The van der Waals surface area contributed by atoms with E-state index in [1.54, 1.807) is 12.1 Å². The van der Waals surface area contributed by atoms with Crippen LogP contribution in [0.4, 0.5) is 0 Å². The molecular formula is C17H18O9. The Morgan fingerprint density at radius 1 is 1.27 bits per heavy atom. The van der Waals surface area contributed by atoms with E-state index in [0.717, 1.165) is 0 Å². The Hall–Kier alpha value is -2.46. The number of carbonyl (C=O) groups is 1. The zero-order valence-corrected chi connectivity index (χ0v) is 13.7. The maximum Gasteiger partial charge on any atom is 0.336 e. The Balaban J connectivity index is 1.89. The number of carboxylic acid groups (broad SMARTS) is 1. The van der Waals surface area contributed by atoms with Gasteiger partial charge in [0.15, 0.2) is 6.10 Å². The maximum atomic E-state index is 11.4. The van der Waals surface area contributed by atoms with Crippen LogP contribution in [-0.2, 0) is 9.53 Å². The fourth-order valence-electron chi connectivity index (χ4n) is 2.94. The van der Waals surface area contributed by atoms with Crippen LogP contribution >= 0.6 is 0 Å². The van der Waals surface area contributed by atoms with Crippen LogP contribution in [0.25, 0.3) is 11.0 Å². The van der Waals surface area contributed by atoms with Crippen LogP contribution in [0.2, 0.25) is 0 Å². The molecule has 5 atom stereocenters. The summed E-state index contributed by atoms with van der Waals surface area (Å²) < 4.78 is 15.7. The molecular weight excluding hydrogens is 348 g/mol. The van der Waals surface area contributed by atoms with Gasteiger partial charge in [-0.05, 0) is 24.6 Å². The normalized spacial score (nSPS) is 31.7. The van der Waals surface area contributed by atoms with E-state index >= 15 is 0 Å². The second-order valence-electron chi connectivity index (χ2n) is 6.07. The van der Waals surface area contributed by atoms with Crippen LogP contribution in [0.5, 0.6) is 5.75 Å². The quantitative estimate of drug-likeness (QED) is 0.542. The lowest BCUT2D eigenvalue weighted by Gasteiger charge is -2.46. The van der Waals surface area contributed by atoms with Crippen molar-refractivity contribution in [2.24, 2.45) is 0 Å². The van der Waals surface area contributed by atoms with Crippen molar-refractivity contribution in [1.82, 2.24) is 0 Å². The molecule has 9 nitrogen and oxygen atoms in total. The van der Waals surface area contributed by atoms with Gasteiger partial charge in [0.1, 0.15) is 29.1 Å². The molecule has 0 saturated carbocycles. The van der Waals surface area contributed by atoms with Gasteiger partial charge in [0.25, 0.3) is 0 Å². The number of carboxylic acids is 1. The highest BCUT2D eigenvalue weighted by atomic mass is 16.7. The molecule has 2 aromatic rings. The Kier molecular flexibility index (Phi) is 4.72. The molecule has 1 aliphatic heterocycles. The maximum absolute atomic E-state index is 11.4. The molecule has 0 amide bonds. The molecule has 1 aromatic heterocycles. The van der Waals surface area contributed by atoms with E-state index in [2.05, 4.69) is 0 Å². The highest BCUT2D eigenvalue weighted by Gasteiger charge is 2.57. The Labute approximate surface area is 147 Å². The predicted molar refractivity (Wildman–Crippen MR) is 86.7 cm³/mol. The molecule has 2 heterocycles. The van der Waals surface area contributed by atoms with Crippen LogP contribution in [-0.4, -0.2) is 56.6 Å². The van der Waals surface area contributed by atoms with Gasteiger partial charge in [0, 0.05) is 17.5 Å². The zero-order valence-electron chi connectivity index (χ0n) is 13.7. The second-order valence-corrected chi connectivity index (χ2v) is 6.07. The van der Waals surface area contributed by atoms with E-state index in [1.807, 2.05) is 0 Å². The first kappa shape index (κ1) is 18.3. The van der Waals surface area contributed by atoms with E-state index in [4.69, 9.17) is 13.9 Å². The molecule has 1 saturated heterocycles. The fraction of sp³-hybridized carbons (Fsp3) is 0.412. The van der Waals surface area contributed by atoms with Gasteiger partial charge in [-0.25, -0.2) is 9.59 Å². The summed E-state index contributed by atoms with van der Waals surface area (Å²) in [6.45, 7) is 1.46. The molecule has 4 N–H and O–H groups in total. The number of aliphatic hydroxyl groups excluding tert-OH is 2. The summed E-state index contributed by atoms with van der Waals surface area (Å²) >= 11 is 0. The lowest BCUT2D eigenvalue weighted by molar-refractivity contribution is -0.305. The van der Waals surface area contributed by atoms with Gasteiger partial charge >= 0.3 is 11.6 Å². The largest absolute Gasteiger partial charge is 0.479 e. The van der Waals surface area contributed by atoms with Crippen molar-refractivity contribution in [2.75, 3.05) is 0 Å². The molecule has 26 heavy (non-hydrogen) atoms. The first-order valence-electron chi connectivity index (χ1n) is 7.93. The van der Waals surface area contributed by atoms with E-state index in [0.29, 0.717) is 5.39 Å². The number of aliphatic hydroxyl groups is 3. The van der Waals surface area contributed by atoms with Crippen molar-refractivity contribution < 1.29 is 39.1 Å². The number of ether oxygens (including phenoxy) is 2. The van der Waals surface area contributed by atoms with Gasteiger partial charge in [-0.3, -0.25) is 0 Å². The molecule has 0 spiro atoms. The molecule has 3 rings (SSSR count). The summed E-state index contributed by atoms with van der Waals surface area (Å²) in [5, 5.41) is 40.7. The first-order valence-corrected chi connectivity index (χ1v) is 7.93. The third kappa shape index (κ3) is 3.06. The molecule has 1 aliphatic rings. The number of rotatable bonds is 4. The van der Waals surface area contributed by atoms with Crippen LogP contribution in [0.15, 0.2) is 39.5 Å².